The van der Waals surface area contributed by atoms with E-state index in [1.165, 1.54) is 0 Å². The monoisotopic (exact) mass is 310 g/mol. The highest BCUT2D eigenvalue weighted by molar-refractivity contribution is 7.09. The van der Waals surface area contributed by atoms with Crippen LogP contribution in [0.2, 0.25) is 0 Å². The van der Waals surface area contributed by atoms with Gasteiger partial charge < -0.3 is 15.3 Å². The zero-order valence-corrected chi connectivity index (χ0v) is 13.1. The van der Waals surface area contributed by atoms with E-state index in [9.17, 15) is 14.7 Å². The summed E-state index contributed by atoms with van der Waals surface area (Å²) >= 11 is 1.60. The highest BCUT2D eigenvalue weighted by atomic mass is 32.1. The number of nitrogens with zero attached hydrogens (tertiary/aromatic N) is 1. The van der Waals surface area contributed by atoms with Gasteiger partial charge in [-0.3, -0.25) is 4.79 Å². The van der Waals surface area contributed by atoms with Crippen molar-refractivity contribution in [3.8, 4) is 0 Å². The van der Waals surface area contributed by atoms with Crippen LogP contribution in [0.25, 0.3) is 0 Å². The van der Waals surface area contributed by atoms with Crippen molar-refractivity contribution in [3.05, 3.63) is 22.4 Å². The maximum Gasteiger partial charge on any atom is 0.317 e. The van der Waals surface area contributed by atoms with Crippen LogP contribution in [0.4, 0.5) is 4.79 Å². The molecule has 2 N–H and O–H groups in total. The van der Waals surface area contributed by atoms with Crippen molar-refractivity contribution in [2.75, 3.05) is 13.1 Å². The molecule has 0 saturated carbocycles. The van der Waals surface area contributed by atoms with Crippen LogP contribution in [-0.2, 0) is 11.3 Å². The Kier molecular flexibility index (Phi) is 5.22. The minimum absolute atomic E-state index is 0.162. The van der Waals surface area contributed by atoms with Gasteiger partial charge >= 0.3 is 12.0 Å². The van der Waals surface area contributed by atoms with Gasteiger partial charge in [0.15, 0.2) is 0 Å². The third-order valence-corrected chi connectivity index (χ3v) is 4.92. The number of urea groups is 1. The van der Waals surface area contributed by atoms with Crippen molar-refractivity contribution >= 4 is 23.3 Å². The van der Waals surface area contributed by atoms with Gasteiger partial charge in [-0.1, -0.05) is 19.4 Å². The Bertz CT molecular complexity index is 485. The van der Waals surface area contributed by atoms with Crippen LogP contribution in [0.1, 0.15) is 37.5 Å². The number of piperidine rings is 1. The first kappa shape index (κ1) is 15.8. The van der Waals surface area contributed by atoms with E-state index in [1.54, 1.807) is 16.2 Å². The summed E-state index contributed by atoms with van der Waals surface area (Å²) < 4.78 is 0. The largest absolute Gasteiger partial charge is 0.481 e. The van der Waals surface area contributed by atoms with Crippen LogP contribution in [-0.4, -0.2) is 35.1 Å². The lowest BCUT2D eigenvalue weighted by molar-refractivity contribution is -0.152. The smallest absolute Gasteiger partial charge is 0.317 e. The maximum absolute atomic E-state index is 12.2. The van der Waals surface area contributed by atoms with Gasteiger partial charge in [-0.05, 0) is 30.7 Å². The molecule has 0 spiro atoms. The molecule has 0 aromatic carbocycles. The van der Waals surface area contributed by atoms with Gasteiger partial charge in [-0.25, -0.2) is 4.79 Å². The zero-order valence-electron chi connectivity index (χ0n) is 12.3. The average Bonchev–Trinajstić information content (AvgIpc) is 2.98. The number of hydrogen-bond acceptors (Lipinski definition) is 3. The van der Waals surface area contributed by atoms with Crippen LogP contribution in [0.3, 0.4) is 0 Å². The van der Waals surface area contributed by atoms with E-state index in [0.717, 1.165) is 17.7 Å². The van der Waals surface area contributed by atoms with Crippen molar-refractivity contribution in [2.24, 2.45) is 5.41 Å². The van der Waals surface area contributed by atoms with Gasteiger partial charge in [-0.15, -0.1) is 11.3 Å². The minimum Gasteiger partial charge on any atom is -0.481 e. The number of carbonyl (C=O) groups is 2. The van der Waals surface area contributed by atoms with E-state index in [-0.39, 0.29) is 6.03 Å². The number of nitrogens with one attached hydrogen (secondary N) is 1. The maximum atomic E-state index is 12.2. The molecule has 0 radical (unpaired) electrons. The lowest BCUT2D eigenvalue weighted by atomic mass is 9.76. The van der Waals surface area contributed by atoms with Gasteiger partial charge in [0.2, 0.25) is 0 Å². The van der Waals surface area contributed by atoms with Crippen LogP contribution in [0, 0.1) is 5.41 Å². The number of thiophene rings is 1. The second-order valence-corrected chi connectivity index (χ2v) is 6.63. The Labute approximate surface area is 129 Å². The molecule has 2 amide bonds. The molecule has 1 aliphatic rings. The van der Waals surface area contributed by atoms with Crippen molar-refractivity contribution in [3.63, 3.8) is 0 Å². The third-order valence-electron chi connectivity index (χ3n) is 4.04. The molecule has 2 heterocycles. The van der Waals surface area contributed by atoms with Crippen molar-refractivity contribution in [2.45, 2.75) is 39.2 Å². The Balaban J connectivity index is 1.96. The van der Waals surface area contributed by atoms with Crippen molar-refractivity contribution < 1.29 is 14.7 Å². The molecule has 1 aromatic heterocycles. The van der Waals surface area contributed by atoms with E-state index in [0.29, 0.717) is 32.5 Å². The summed E-state index contributed by atoms with van der Waals surface area (Å²) in [5.41, 5.74) is -0.771. The Hall–Kier alpha value is -1.56. The summed E-state index contributed by atoms with van der Waals surface area (Å²) in [6, 6.07) is 3.76. The van der Waals surface area contributed by atoms with Crippen LogP contribution in [0.15, 0.2) is 17.5 Å². The topological polar surface area (TPSA) is 69.6 Å². The van der Waals surface area contributed by atoms with E-state index < -0.39 is 11.4 Å². The lowest BCUT2D eigenvalue weighted by Gasteiger charge is -2.39. The predicted molar refractivity (Wildman–Crippen MR) is 82.3 cm³/mol. The fourth-order valence-electron chi connectivity index (χ4n) is 2.96. The van der Waals surface area contributed by atoms with E-state index in [4.69, 9.17) is 0 Å². The number of rotatable bonds is 5. The molecule has 0 bridgehead atoms. The Morgan fingerprint density at radius 1 is 1.52 bits per heavy atom. The first-order valence-corrected chi connectivity index (χ1v) is 8.24. The number of carboxylic acid groups (broad SMARTS) is 1. The molecule has 6 heteroatoms. The van der Waals surface area contributed by atoms with Gasteiger partial charge in [0.05, 0.1) is 12.0 Å². The quantitative estimate of drug-likeness (QED) is 0.878. The summed E-state index contributed by atoms with van der Waals surface area (Å²) in [6.07, 6.45) is 2.84. The van der Waals surface area contributed by atoms with E-state index in [2.05, 4.69) is 5.32 Å². The molecule has 21 heavy (non-hydrogen) atoms. The molecular formula is C15H22N2O3S. The average molecular weight is 310 g/mol. The molecule has 116 valence electrons. The molecule has 1 saturated heterocycles. The molecule has 1 atom stereocenters. The van der Waals surface area contributed by atoms with Gasteiger partial charge in [0.1, 0.15) is 0 Å². The predicted octanol–water partition coefficient (Wildman–Crippen LogP) is 2.92. The summed E-state index contributed by atoms with van der Waals surface area (Å²) in [7, 11) is 0. The highest BCUT2D eigenvalue weighted by Gasteiger charge is 2.42. The normalized spacial score (nSPS) is 22.0. The fourth-order valence-corrected chi connectivity index (χ4v) is 3.60. The first-order chi connectivity index (χ1) is 10.1. The van der Waals surface area contributed by atoms with Gasteiger partial charge in [-0.2, -0.15) is 0 Å². The second-order valence-electron chi connectivity index (χ2n) is 5.60. The highest BCUT2D eigenvalue weighted by Crippen LogP contribution is 2.35. The number of carbonyl (C=O) groups excluding carboxylic acids is 1. The molecule has 5 nitrogen and oxygen atoms in total. The molecule has 1 unspecified atom stereocenters. The first-order valence-electron chi connectivity index (χ1n) is 7.36. The summed E-state index contributed by atoms with van der Waals surface area (Å²) in [4.78, 5) is 26.6. The van der Waals surface area contributed by atoms with Gasteiger partial charge in [0.25, 0.3) is 0 Å². The van der Waals surface area contributed by atoms with E-state index >= 15 is 0 Å². The number of likely N-dealkylation sites (tertiary alicyclic amines) is 1. The van der Waals surface area contributed by atoms with Crippen LogP contribution >= 0.6 is 11.3 Å². The SMILES string of the molecule is CCCC1(C(=O)O)CCCN(C(=O)NCc2cccs2)C1. The molecule has 2 rings (SSSR count). The molecule has 1 aromatic rings. The molecule has 1 fully saturated rings. The Morgan fingerprint density at radius 3 is 2.95 bits per heavy atom. The number of aliphatic carboxylic acids is 1. The Morgan fingerprint density at radius 2 is 2.33 bits per heavy atom. The van der Waals surface area contributed by atoms with E-state index in [1.807, 2.05) is 24.4 Å². The zero-order chi connectivity index (χ0) is 15.3. The van der Waals surface area contributed by atoms with Crippen LogP contribution < -0.4 is 5.32 Å². The second kappa shape index (κ2) is 6.93. The number of hydrogen-bond donors (Lipinski definition) is 2. The number of carboxylic acids is 1. The minimum atomic E-state index is -0.778. The third kappa shape index (κ3) is 3.75. The van der Waals surface area contributed by atoms with Crippen LogP contribution in [0.5, 0.6) is 0 Å². The van der Waals surface area contributed by atoms with Crippen molar-refractivity contribution in [1.82, 2.24) is 10.2 Å². The molecular weight excluding hydrogens is 288 g/mol. The lowest BCUT2D eigenvalue weighted by Crippen LogP contribution is -2.52. The molecule has 0 aliphatic carbocycles. The summed E-state index contributed by atoms with van der Waals surface area (Å²) in [6.45, 7) is 3.43. The van der Waals surface area contributed by atoms with Crippen molar-refractivity contribution in [1.29, 1.82) is 0 Å². The van der Waals surface area contributed by atoms with Gasteiger partial charge in [0, 0.05) is 18.0 Å². The number of amides is 2. The standard InChI is InChI=1S/C15H22N2O3S/c1-2-6-15(13(18)19)7-4-8-17(11-15)14(20)16-10-12-5-3-9-21-12/h3,5,9H,2,4,6-8,10-11H2,1H3,(H,16,20)(H,18,19). The summed E-state index contributed by atoms with van der Waals surface area (Å²) in [5.74, 6) is -0.778. The molecule has 1 aliphatic heterocycles. The fraction of sp³-hybridized carbons (Fsp3) is 0.600. The summed E-state index contributed by atoms with van der Waals surface area (Å²) in [5, 5.41) is 14.4.